The van der Waals surface area contributed by atoms with Crippen molar-refractivity contribution in [1.82, 2.24) is 10.6 Å². The topological polar surface area (TPSA) is 102 Å². The minimum atomic E-state index is -3.29. The lowest BCUT2D eigenvalue weighted by Crippen LogP contribution is -2.52. The third-order valence-electron chi connectivity index (χ3n) is 5.68. The second-order valence-corrected chi connectivity index (χ2v) is 11.0. The standard InChI is InChI=1S/C22H31FN2O5S/c1-15(17-9-18(23)11-20(10-17)30-13-16-6-7-16)14-31(28,29)8-4-2-3-5-19-12-21(26)25-22(27)24-19/h9-11,15-16,19H,2-8,12-14H2,1H3,(H2,24,25,26,27)/t15-,19?/m0/s1. The van der Waals surface area contributed by atoms with Crippen LogP contribution in [0.3, 0.4) is 0 Å². The number of unbranched alkanes of at least 4 members (excludes halogenated alkanes) is 2. The van der Waals surface area contributed by atoms with E-state index < -0.39 is 21.7 Å². The number of hydrogen-bond donors (Lipinski definition) is 2. The monoisotopic (exact) mass is 454 g/mol. The summed E-state index contributed by atoms with van der Waals surface area (Å²) in [7, 11) is -3.29. The fraction of sp³-hybridized carbons (Fsp3) is 0.636. The van der Waals surface area contributed by atoms with E-state index >= 15 is 0 Å². The Morgan fingerprint density at radius 1 is 1.16 bits per heavy atom. The quantitative estimate of drug-likeness (QED) is 0.472. The van der Waals surface area contributed by atoms with Crippen LogP contribution in [0.15, 0.2) is 18.2 Å². The van der Waals surface area contributed by atoms with Crippen LogP contribution >= 0.6 is 0 Å². The Morgan fingerprint density at radius 2 is 1.94 bits per heavy atom. The van der Waals surface area contributed by atoms with Gasteiger partial charge in [0, 0.05) is 18.5 Å². The highest BCUT2D eigenvalue weighted by Gasteiger charge is 2.24. The van der Waals surface area contributed by atoms with Gasteiger partial charge in [-0.05, 0) is 55.2 Å². The number of carbonyl (C=O) groups is 2. The van der Waals surface area contributed by atoms with Crippen molar-refractivity contribution in [2.45, 2.75) is 63.8 Å². The first-order valence-corrected chi connectivity index (χ1v) is 12.8. The van der Waals surface area contributed by atoms with Gasteiger partial charge in [0.2, 0.25) is 5.91 Å². The summed E-state index contributed by atoms with van der Waals surface area (Å²) in [4.78, 5) is 22.6. The lowest BCUT2D eigenvalue weighted by molar-refractivity contribution is -0.121. The summed E-state index contributed by atoms with van der Waals surface area (Å²) in [6.45, 7) is 2.36. The number of amides is 3. The summed E-state index contributed by atoms with van der Waals surface area (Å²) in [6.07, 6.45) is 5.11. The third-order valence-corrected chi connectivity index (χ3v) is 7.60. The molecule has 0 radical (unpaired) electrons. The van der Waals surface area contributed by atoms with Crippen LogP contribution in [0.1, 0.15) is 63.4 Å². The Hall–Kier alpha value is -2.16. The van der Waals surface area contributed by atoms with Crippen molar-refractivity contribution >= 4 is 21.8 Å². The molecule has 3 rings (SSSR count). The molecule has 31 heavy (non-hydrogen) atoms. The van der Waals surface area contributed by atoms with Crippen LogP contribution in [0.5, 0.6) is 5.75 Å². The first-order chi connectivity index (χ1) is 14.7. The van der Waals surface area contributed by atoms with Crippen LogP contribution < -0.4 is 15.4 Å². The van der Waals surface area contributed by atoms with Crippen molar-refractivity contribution in [2.24, 2.45) is 5.92 Å². The molecule has 3 amide bonds. The Bertz CT molecular complexity index is 885. The van der Waals surface area contributed by atoms with Crippen molar-refractivity contribution in [2.75, 3.05) is 18.1 Å². The fourth-order valence-corrected chi connectivity index (χ4v) is 5.51. The minimum absolute atomic E-state index is 0.0443. The average molecular weight is 455 g/mol. The van der Waals surface area contributed by atoms with E-state index in [-0.39, 0.29) is 35.8 Å². The summed E-state index contributed by atoms with van der Waals surface area (Å²) in [6, 6.07) is 3.78. The molecule has 1 heterocycles. The molecule has 2 fully saturated rings. The zero-order valence-electron chi connectivity index (χ0n) is 17.9. The molecule has 1 saturated carbocycles. The normalized spacial score (nSPS) is 20.1. The molecule has 0 spiro atoms. The predicted octanol–water partition coefficient (Wildman–Crippen LogP) is 3.29. The molecular weight excluding hydrogens is 423 g/mol. The molecule has 0 bridgehead atoms. The van der Waals surface area contributed by atoms with Crippen LogP contribution in [0.2, 0.25) is 0 Å². The van der Waals surface area contributed by atoms with Gasteiger partial charge in [-0.1, -0.05) is 19.8 Å². The molecule has 2 atom stereocenters. The smallest absolute Gasteiger partial charge is 0.321 e. The van der Waals surface area contributed by atoms with Gasteiger partial charge in [0.25, 0.3) is 0 Å². The molecular formula is C22H31FN2O5S. The van der Waals surface area contributed by atoms with Gasteiger partial charge < -0.3 is 10.1 Å². The SMILES string of the molecule is C[C@@H](CS(=O)(=O)CCCCCC1CC(=O)NC(=O)N1)c1cc(F)cc(OCC2CC2)c1. The van der Waals surface area contributed by atoms with Crippen molar-refractivity contribution in [3.63, 3.8) is 0 Å². The molecule has 1 aliphatic carbocycles. The summed E-state index contributed by atoms with van der Waals surface area (Å²) in [5, 5.41) is 4.88. The Morgan fingerprint density at radius 3 is 2.65 bits per heavy atom. The summed E-state index contributed by atoms with van der Waals surface area (Å²) < 4.78 is 44.7. The van der Waals surface area contributed by atoms with Crippen LogP contribution in [0.25, 0.3) is 0 Å². The first kappa shape index (κ1) is 23.5. The number of rotatable bonds is 12. The van der Waals surface area contributed by atoms with Gasteiger partial charge in [-0.15, -0.1) is 0 Å². The maximum Gasteiger partial charge on any atom is 0.321 e. The molecule has 1 saturated heterocycles. The van der Waals surface area contributed by atoms with Gasteiger partial charge in [0.15, 0.2) is 9.84 Å². The predicted molar refractivity (Wildman–Crippen MR) is 115 cm³/mol. The zero-order valence-corrected chi connectivity index (χ0v) is 18.7. The molecule has 1 unspecified atom stereocenters. The van der Waals surface area contributed by atoms with Gasteiger partial charge in [-0.2, -0.15) is 0 Å². The lowest BCUT2D eigenvalue weighted by Gasteiger charge is -2.22. The van der Waals surface area contributed by atoms with Gasteiger partial charge in [0.1, 0.15) is 11.6 Å². The number of ether oxygens (including phenoxy) is 1. The Kier molecular flexibility index (Phi) is 7.91. The zero-order chi connectivity index (χ0) is 22.4. The minimum Gasteiger partial charge on any atom is -0.493 e. The van der Waals surface area contributed by atoms with E-state index in [1.165, 1.54) is 12.1 Å². The number of benzene rings is 1. The van der Waals surface area contributed by atoms with Crippen molar-refractivity contribution in [3.05, 3.63) is 29.6 Å². The number of imide groups is 1. The van der Waals surface area contributed by atoms with Gasteiger partial charge >= 0.3 is 6.03 Å². The van der Waals surface area contributed by atoms with Crippen LogP contribution in [-0.4, -0.2) is 44.5 Å². The first-order valence-electron chi connectivity index (χ1n) is 10.9. The maximum atomic E-state index is 14.0. The van der Waals surface area contributed by atoms with Crippen LogP contribution in [0.4, 0.5) is 9.18 Å². The lowest BCUT2D eigenvalue weighted by atomic mass is 10.0. The third kappa shape index (κ3) is 8.12. The second-order valence-electron chi connectivity index (χ2n) is 8.76. The van der Waals surface area contributed by atoms with E-state index in [9.17, 15) is 22.4 Å². The van der Waals surface area contributed by atoms with Gasteiger partial charge in [-0.3, -0.25) is 10.1 Å². The molecule has 2 aliphatic rings. The van der Waals surface area contributed by atoms with E-state index in [4.69, 9.17) is 4.74 Å². The Labute approximate surface area is 183 Å². The Balaban J connectivity index is 1.41. The number of sulfone groups is 1. The maximum absolute atomic E-state index is 14.0. The van der Waals surface area contributed by atoms with Crippen molar-refractivity contribution in [3.8, 4) is 5.75 Å². The average Bonchev–Trinajstić information content (AvgIpc) is 3.49. The van der Waals surface area contributed by atoms with Crippen LogP contribution in [-0.2, 0) is 14.6 Å². The van der Waals surface area contributed by atoms with Crippen molar-refractivity contribution in [1.29, 1.82) is 0 Å². The largest absolute Gasteiger partial charge is 0.493 e. The number of hydrogen-bond acceptors (Lipinski definition) is 5. The number of urea groups is 1. The highest BCUT2D eigenvalue weighted by molar-refractivity contribution is 7.91. The van der Waals surface area contributed by atoms with E-state index in [1.54, 1.807) is 13.0 Å². The molecule has 0 aromatic heterocycles. The highest BCUT2D eigenvalue weighted by atomic mass is 32.2. The molecule has 1 aromatic rings. The molecule has 1 aromatic carbocycles. The van der Waals surface area contributed by atoms with E-state index in [2.05, 4.69) is 10.6 Å². The summed E-state index contributed by atoms with van der Waals surface area (Å²) in [5.74, 6) is -0.0162. The molecule has 7 nitrogen and oxygen atoms in total. The van der Waals surface area contributed by atoms with Crippen molar-refractivity contribution < 1.29 is 27.1 Å². The van der Waals surface area contributed by atoms with Gasteiger partial charge in [0.05, 0.1) is 18.1 Å². The van der Waals surface area contributed by atoms with E-state index in [0.717, 1.165) is 19.3 Å². The molecule has 2 N–H and O–H groups in total. The second kappa shape index (κ2) is 10.4. The van der Waals surface area contributed by atoms with E-state index in [0.29, 0.717) is 43.1 Å². The number of halogens is 1. The molecule has 172 valence electrons. The molecule has 9 heteroatoms. The summed E-state index contributed by atoms with van der Waals surface area (Å²) in [5.41, 5.74) is 0.626. The summed E-state index contributed by atoms with van der Waals surface area (Å²) >= 11 is 0. The van der Waals surface area contributed by atoms with Crippen LogP contribution in [0, 0.1) is 11.7 Å². The van der Waals surface area contributed by atoms with Gasteiger partial charge in [-0.25, -0.2) is 17.6 Å². The highest BCUT2D eigenvalue weighted by Crippen LogP contribution is 2.31. The fourth-order valence-electron chi connectivity index (χ4n) is 3.75. The van der Waals surface area contributed by atoms with E-state index in [1.807, 2.05) is 0 Å². The number of carbonyl (C=O) groups excluding carboxylic acids is 2. The molecule has 1 aliphatic heterocycles. The number of nitrogens with one attached hydrogen (secondary N) is 2.